The van der Waals surface area contributed by atoms with Crippen molar-refractivity contribution in [3.8, 4) is 0 Å². The third-order valence-electron chi connectivity index (χ3n) is 3.75. The van der Waals surface area contributed by atoms with Gasteiger partial charge in [0.2, 0.25) is 5.89 Å². The van der Waals surface area contributed by atoms with Gasteiger partial charge in [-0.1, -0.05) is 32.3 Å². The van der Waals surface area contributed by atoms with E-state index in [-0.39, 0.29) is 23.9 Å². The largest absolute Gasteiger partial charge is 0.338 e. The standard InChI is InChI=1S/C14H26N4O.ClH/c1-10(15)11-7-5-6-8-18(11)9-12-16-13(17-19-12)14(2,3)4;/h10-11H,5-9,15H2,1-4H3;1H. The van der Waals surface area contributed by atoms with Crippen molar-refractivity contribution in [1.82, 2.24) is 15.0 Å². The highest BCUT2D eigenvalue weighted by Crippen LogP contribution is 2.23. The van der Waals surface area contributed by atoms with Crippen LogP contribution < -0.4 is 5.73 Å². The first-order valence-corrected chi connectivity index (χ1v) is 7.20. The third kappa shape index (κ3) is 4.17. The van der Waals surface area contributed by atoms with E-state index in [0.29, 0.717) is 11.9 Å². The molecule has 0 bridgehead atoms. The molecule has 2 N–H and O–H groups in total. The van der Waals surface area contributed by atoms with E-state index in [1.807, 2.05) is 0 Å². The summed E-state index contributed by atoms with van der Waals surface area (Å²) in [6, 6.07) is 0.615. The molecule has 1 aliphatic heterocycles. The smallest absolute Gasteiger partial charge is 0.240 e. The Morgan fingerprint density at radius 2 is 2.10 bits per heavy atom. The second kappa shape index (κ2) is 6.87. The van der Waals surface area contributed by atoms with E-state index < -0.39 is 0 Å². The van der Waals surface area contributed by atoms with E-state index in [0.717, 1.165) is 25.3 Å². The van der Waals surface area contributed by atoms with Crippen molar-refractivity contribution in [2.75, 3.05) is 6.54 Å². The summed E-state index contributed by atoms with van der Waals surface area (Å²) in [6.07, 6.45) is 3.65. The molecule has 5 nitrogen and oxygen atoms in total. The Bertz CT molecular complexity index is 414. The van der Waals surface area contributed by atoms with Crippen molar-refractivity contribution in [3.05, 3.63) is 11.7 Å². The highest BCUT2D eigenvalue weighted by Gasteiger charge is 2.28. The zero-order chi connectivity index (χ0) is 14.0. The molecule has 1 aliphatic rings. The fourth-order valence-electron chi connectivity index (χ4n) is 2.61. The Morgan fingerprint density at radius 3 is 2.65 bits per heavy atom. The van der Waals surface area contributed by atoms with E-state index in [2.05, 4.69) is 42.7 Å². The molecular weight excluding hydrogens is 276 g/mol. The quantitative estimate of drug-likeness (QED) is 0.929. The van der Waals surface area contributed by atoms with Crippen molar-refractivity contribution < 1.29 is 4.52 Å². The summed E-state index contributed by atoms with van der Waals surface area (Å²) in [6.45, 7) is 10.1. The molecule has 6 heteroatoms. The SMILES string of the molecule is CC(N)C1CCCCN1Cc1nc(C(C)(C)C)no1.Cl. The Kier molecular flexibility index (Phi) is 5.98. The van der Waals surface area contributed by atoms with Crippen LogP contribution in [0.15, 0.2) is 4.52 Å². The summed E-state index contributed by atoms with van der Waals surface area (Å²) in [7, 11) is 0. The highest BCUT2D eigenvalue weighted by atomic mass is 35.5. The fourth-order valence-corrected chi connectivity index (χ4v) is 2.61. The number of nitrogens with zero attached hydrogens (tertiary/aromatic N) is 3. The Balaban J connectivity index is 0.00000200. The maximum atomic E-state index is 6.08. The van der Waals surface area contributed by atoms with Gasteiger partial charge in [0.1, 0.15) is 0 Å². The predicted octanol–water partition coefficient (Wildman–Crippen LogP) is 2.49. The summed E-state index contributed by atoms with van der Waals surface area (Å²) in [5.74, 6) is 1.48. The topological polar surface area (TPSA) is 68.2 Å². The molecule has 1 aromatic heterocycles. The first-order valence-electron chi connectivity index (χ1n) is 7.20. The molecule has 1 fully saturated rings. The molecule has 0 amide bonds. The Hall–Kier alpha value is -0.650. The zero-order valence-electron chi connectivity index (χ0n) is 12.9. The molecule has 2 rings (SSSR count). The van der Waals surface area contributed by atoms with E-state index in [9.17, 15) is 0 Å². The molecule has 0 radical (unpaired) electrons. The zero-order valence-corrected chi connectivity index (χ0v) is 13.7. The van der Waals surface area contributed by atoms with Crippen molar-refractivity contribution in [2.45, 2.75) is 71.0 Å². The third-order valence-corrected chi connectivity index (χ3v) is 3.75. The van der Waals surface area contributed by atoms with Crippen LogP contribution >= 0.6 is 12.4 Å². The van der Waals surface area contributed by atoms with Crippen LogP contribution in [0.2, 0.25) is 0 Å². The molecule has 116 valence electrons. The van der Waals surface area contributed by atoms with Gasteiger partial charge in [0.15, 0.2) is 5.82 Å². The van der Waals surface area contributed by atoms with Crippen molar-refractivity contribution in [2.24, 2.45) is 5.73 Å². The van der Waals surface area contributed by atoms with Gasteiger partial charge in [0.25, 0.3) is 0 Å². The molecule has 0 aromatic carbocycles. The van der Waals surface area contributed by atoms with Gasteiger partial charge in [-0.05, 0) is 26.3 Å². The van der Waals surface area contributed by atoms with Gasteiger partial charge in [-0.25, -0.2) is 0 Å². The van der Waals surface area contributed by atoms with Gasteiger partial charge in [-0.3, -0.25) is 4.90 Å². The summed E-state index contributed by atoms with van der Waals surface area (Å²) < 4.78 is 5.38. The van der Waals surface area contributed by atoms with Gasteiger partial charge in [-0.15, -0.1) is 12.4 Å². The lowest BCUT2D eigenvalue weighted by Crippen LogP contribution is -2.48. The summed E-state index contributed by atoms with van der Waals surface area (Å²) >= 11 is 0. The number of halogens is 1. The number of rotatable bonds is 3. The number of piperidine rings is 1. The Morgan fingerprint density at radius 1 is 1.40 bits per heavy atom. The highest BCUT2D eigenvalue weighted by molar-refractivity contribution is 5.85. The minimum atomic E-state index is -0.0653. The van der Waals surface area contributed by atoms with Gasteiger partial charge < -0.3 is 10.3 Å². The molecular formula is C14H27ClN4O. The predicted molar refractivity (Wildman–Crippen MR) is 81.9 cm³/mol. The van der Waals surface area contributed by atoms with E-state index >= 15 is 0 Å². The molecule has 2 unspecified atom stereocenters. The minimum absolute atomic E-state index is 0. The first kappa shape index (κ1) is 17.4. The molecule has 20 heavy (non-hydrogen) atoms. The number of aromatic nitrogens is 2. The van der Waals surface area contributed by atoms with Crippen molar-refractivity contribution >= 4 is 12.4 Å². The minimum Gasteiger partial charge on any atom is -0.338 e. The molecule has 1 aromatic rings. The lowest BCUT2D eigenvalue weighted by atomic mass is 9.96. The number of hydrogen-bond donors (Lipinski definition) is 1. The number of nitrogens with two attached hydrogens (primary N) is 1. The van der Waals surface area contributed by atoms with Gasteiger partial charge >= 0.3 is 0 Å². The second-order valence-electron chi connectivity index (χ2n) is 6.65. The molecule has 0 saturated carbocycles. The maximum absolute atomic E-state index is 6.08. The average molecular weight is 303 g/mol. The molecule has 2 atom stereocenters. The van der Waals surface area contributed by atoms with Crippen LogP contribution in [0.3, 0.4) is 0 Å². The van der Waals surface area contributed by atoms with Crippen LogP contribution in [0.5, 0.6) is 0 Å². The average Bonchev–Trinajstić information content (AvgIpc) is 2.77. The van der Waals surface area contributed by atoms with E-state index in [4.69, 9.17) is 10.3 Å². The summed E-state index contributed by atoms with van der Waals surface area (Å²) in [5, 5.41) is 4.08. The van der Waals surface area contributed by atoms with Gasteiger partial charge in [0.05, 0.1) is 6.54 Å². The van der Waals surface area contributed by atoms with E-state index in [1.165, 1.54) is 12.8 Å². The Labute approximate surface area is 127 Å². The van der Waals surface area contributed by atoms with Gasteiger partial charge in [-0.2, -0.15) is 4.98 Å². The molecule has 0 spiro atoms. The first-order chi connectivity index (χ1) is 8.88. The van der Waals surface area contributed by atoms with Crippen LogP contribution in [0.4, 0.5) is 0 Å². The maximum Gasteiger partial charge on any atom is 0.240 e. The van der Waals surface area contributed by atoms with Crippen molar-refractivity contribution in [1.29, 1.82) is 0 Å². The van der Waals surface area contributed by atoms with Crippen molar-refractivity contribution in [3.63, 3.8) is 0 Å². The summed E-state index contributed by atoms with van der Waals surface area (Å²) in [5.41, 5.74) is 6.01. The van der Waals surface area contributed by atoms with Crippen LogP contribution in [0.1, 0.15) is 58.7 Å². The van der Waals surface area contributed by atoms with Crippen LogP contribution in [0.25, 0.3) is 0 Å². The van der Waals surface area contributed by atoms with Gasteiger partial charge in [0, 0.05) is 17.5 Å². The second-order valence-corrected chi connectivity index (χ2v) is 6.65. The monoisotopic (exact) mass is 302 g/mol. The summed E-state index contributed by atoms with van der Waals surface area (Å²) in [4.78, 5) is 6.89. The number of hydrogen-bond acceptors (Lipinski definition) is 5. The van der Waals surface area contributed by atoms with Crippen LogP contribution in [-0.4, -0.2) is 33.7 Å². The lowest BCUT2D eigenvalue weighted by Gasteiger charge is -2.37. The van der Waals surface area contributed by atoms with E-state index in [1.54, 1.807) is 0 Å². The fraction of sp³-hybridized carbons (Fsp3) is 0.857. The molecule has 1 saturated heterocycles. The molecule has 0 aliphatic carbocycles. The molecule has 2 heterocycles. The van der Waals surface area contributed by atoms with Crippen LogP contribution in [0, 0.1) is 0 Å². The normalized spacial score (nSPS) is 22.4. The number of likely N-dealkylation sites (tertiary alicyclic amines) is 1. The van der Waals surface area contributed by atoms with Crippen LogP contribution in [-0.2, 0) is 12.0 Å². The lowest BCUT2D eigenvalue weighted by molar-refractivity contribution is 0.109.